The Morgan fingerprint density at radius 3 is 2.31 bits per heavy atom. The van der Waals surface area contributed by atoms with Gasteiger partial charge in [-0.2, -0.15) is 0 Å². The monoisotopic (exact) mass is 407 g/mol. The van der Waals surface area contributed by atoms with Crippen molar-refractivity contribution < 1.29 is 4.79 Å². The van der Waals surface area contributed by atoms with Crippen molar-refractivity contribution in [2.24, 2.45) is 0 Å². The van der Waals surface area contributed by atoms with Crippen molar-refractivity contribution in [2.75, 3.05) is 36.4 Å². The number of carbonyl (C=O) groups is 1. The van der Waals surface area contributed by atoms with E-state index >= 15 is 0 Å². The molecule has 29 heavy (non-hydrogen) atoms. The Morgan fingerprint density at radius 2 is 1.66 bits per heavy atom. The van der Waals surface area contributed by atoms with Crippen LogP contribution in [-0.2, 0) is 0 Å². The topological polar surface area (TPSA) is 61.4 Å². The van der Waals surface area contributed by atoms with Crippen LogP contribution in [0.1, 0.15) is 5.56 Å². The number of carbonyl (C=O) groups excluding carboxylic acids is 1. The van der Waals surface area contributed by atoms with Gasteiger partial charge in [0.1, 0.15) is 0 Å². The summed E-state index contributed by atoms with van der Waals surface area (Å²) in [7, 11) is 0. The zero-order valence-electron chi connectivity index (χ0n) is 16.2. The van der Waals surface area contributed by atoms with Crippen molar-refractivity contribution in [3.8, 4) is 11.3 Å². The maximum atomic E-state index is 12.5. The molecule has 0 aliphatic carbocycles. The maximum absolute atomic E-state index is 12.5. The van der Waals surface area contributed by atoms with Gasteiger partial charge >= 0.3 is 6.03 Å². The summed E-state index contributed by atoms with van der Waals surface area (Å²) in [6, 6.07) is 19.2. The molecule has 0 unspecified atom stereocenters. The molecule has 6 nitrogen and oxygen atoms in total. The van der Waals surface area contributed by atoms with E-state index in [1.54, 1.807) is 0 Å². The molecule has 0 radical (unpaired) electrons. The number of urea groups is 1. The molecule has 7 heteroatoms. The third kappa shape index (κ3) is 4.49. The number of nitrogens with zero attached hydrogens (tertiary/aromatic N) is 4. The highest BCUT2D eigenvalue weighted by Crippen LogP contribution is 2.21. The smallest absolute Gasteiger partial charge is 0.321 e. The minimum Gasteiger partial charge on any atom is -0.352 e. The summed E-state index contributed by atoms with van der Waals surface area (Å²) in [5.74, 6) is 0.821. The van der Waals surface area contributed by atoms with Crippen molar-refractivity contribution in [2.45, 2.75) is 6.92 Å². The summed E-state index contributed by atoms with van der Waals surface area (Å²) in [6.45, 7) is 4.70. The molecule has 1 aliphatic rings. The number of aromatic nitrogens is 2. The molecule has 3 aromatic rings. The number of amides is 2. The lowest BCUT2D eigenvalue weighted by atomic mass is 10.1. The number of anilines is 2. The van der Waals surface area contributed by atoms with Crippen molar-refractivity contribution in [1.29, 1.82) is 0 Å². The van der Waals surface area contributed by atoms with Crippen LogP contribution in [0.3, 0.4) is 0 Å². The van der Waals surface area contributed by atoms with Gasteiger partial charge in [0.15, 0.2) is 5.82 Å². The normalized spacial score (nSPS) is 14.0. The molecule has 0 atom stereocenters. The van der Waals surface area contributed by atoms with Crippen LogP contribution in [0.25, 0.3) is 11.3 Å². The van der Waals surface area contributed by atoms with Crippen LogP contribution in [0.4, 0.5) is 16.3 Å². The first-order valence-corrected chi connectivity index (χ1v) is 9.94. The van der Waals surface area contributed by atoms with Gasteiger partial charge in [-0.15, -0.1) is 10.2 Å². The molecule has 4 rings (SSSR count). The average Bonchev–Trinajstić information content (AvgIpc) is 2.76. The van der Waals surface area contributed by atoms with Gasteiger partial charge in [0.05, 0.1) is 5.69 Å². The minimum absolute atomic E-state index is 0.0666. The number of rotatable bonds is 3. The van der Waals surface area contributed by atoms with E-state index in [9.17, 15) is 4.79 Å². The van der Waals surface area contributed by atoms with E-state index < -0.39 is 0 Å². The number of nitrogens with one attached hydrogen (secondary N) is 1. The molecule has 148 valence electrons. The molecule has 1 aromatic heterocycles. The van der Waals surface area contributed by atoms with Crippen LogP contribution in [-0.4, -0.2) is 47.3 Å². The second-order valence-corrected chi connectivity index (χ2v) is 7.44. The molecule has 1 saturated heterocycles. The molecule has 0 spiro atoms. The van der Waals surface area contributed by atoms with Crippen LogP contribution in [0.5, 0.6) is 0 Å². The molecule has 2 amide bonds. The van der Waals surface area contributed by atoms with Crippen molar-refractivity contribution >= 4 is 29.1 Å². The highest BCUT2D eigenvalue weighted by atomic mass is 35.5. The third-order valence-electron chi connectivity index (χ3n) is 5.07. The summed E-state index contributed by atoms with van der Waals surface area (Å²) in [5, 5.41) is 12.4. The van der Waals surface area contributed by atoms with E-state index in [4.69, 9.17) is 11.6 Å². The number of hydrogen-bond donors (Lipinski definition) is 1. The van der Waals surface area contributed by atoms with Gasteiger partial charge in [-0.1, -0.05) is 41.9 Å². The summed E-state index contributed by atoms with van der Waals surface area (Å²) >= 11 is 5.94. The number of benzene rings is 2. The van der Waals surface area contributed by atoms with E-state index in [-0.39, 0.29) is 6.03 Å². The summed E-state index contributed by atoms with van der Waals surface area (Å²) in [5.41, 5.74) is 3.69. The SMILES string of the molecule is Cc1ccccc1NC(=O)N1CCN(c2ccc(-c3ccc(Cl)cc3)nn2)CC1. The molecular weight excluding hydrogens is 386 g/mol. The quantitative estimate of drug-likeness (QED) is 0.696. The minimum atomic E-state index is -0.0666. The van der Waals surface area contributed by atoms with E-state index in [2.05, 4.69) is 20.4 Å². The Kier molecular flexibility index (Phi) is 5.62. The summed E-state index contributed by atoms with van der Waals surface area (Å²) in [6.07, 6.45) is 0. The van der Waals surface area contributed by atoms with Gasteiger partial charge in [-0.05, 0) is 42.8 Å². The Hall–Kier alpha value is -3.12. The van der Waals surface area contributed by atoms with Gasteiger partial charge < -0.3 is 15.1 Å². The van der Waals surface area contributed by atoms with Crippen LogP contribution in [0, 0.1) is 6.92 Å². The second kappa shape index (κ2) is 8.49. The fraction of sp³-hybridized carbons (Fsp3) is 0.227. The van der Waals surface area contributed by atoms with Crippen molar-refractivity contribution in [3.05, 3.63) is 71.2 Å². The van der Waals surface area contributed by atoms with Crippen LogP contribution in [0.2, 0.25) is 5.02 Å². The van der Waals surface area contributed by atoms with Gasteiger partial charge in [0.2, 0.25) is 0 Å². The van der Waals surface area contributed by atoms with E-state index in [0.29, 0.717) is 18.1 Å². The number of halogens is 1. The lowest BCUT2D eigenvalue weighted by molar-refractivity contribution is 0.208. The molecule has 2 heterocycles. The average molecular weight is 408 g/mol. The van der Waals surface area contributed by atoms with Gasteiger partial charge in [0.25, 0.3) is 0 Å². The van der Waals surface area contributed by atoms with Gasteiger partial charge in [0, 0.05) is 42.5 Å². The highest BCUT2D eigenvalue weighted by Gasteiger charge is 2.22. The third-order valence-corrected chi connectivity index (χ3v) is 5.32. The molecule has 1 fully saturated rings. The Labute approximate surface area is 175 Å². The molecule has 1 N–H and O–H groups in total. The number of piperazine rings is 1. The van der Waals surface area contributed by atoms with Crippen molar-refractivity contribution in [3.63, 3.8) is 0 Å². The van der Waals surface area contributed by atoms with E-state index in [0.717, 1.165) is 41.4 Å². The Balaban J connectivity index is 1.35. The first kappa shape index (κ1) is 19.2. The van der Waals surface area contributed by atoms with E-state index in [1.807, 2.05) is 72.5 Å². The maximum Gasteiger partial charge on any atom is 0.321 e. The largest absolute Gasteiger partial charge is 0.352 e. The van der Waals surface area contributed by atoms with Gasteiger partial charge in [-0.25, -0.2) is 4.79 Å². The fourth-order valence-electron chi connectivity index (χ4n) is 3.31. The van der Waals surface area contributed by atoms with Crippen LogP contribution >= 0.6 is 11.6 Å². The molecular formula is C22H22ClN5O. The van der Waals surface area contributed by atoms with Crippen LogP contribution in [0.15, 0.2) is 60.7 Å². The highest BCUT2D eigenvalue weighted by molar-refractivity contribution is 6.30. The number of para-hydroxylation sites is 1. The van der Waals surface area contributed by atoms with Crippen molar-refractivity contribution in [1.82, 2.24) is 15.1 Å². The van der Waals surface area contributed by atoms with Crippen LogP contribution < -0.4 is 10.2 Å². The fourth-order valence-corrected chi connectivity index (χ4v) is 3.44. The first-order valence-electron chi connectivity index (χ1n) is 9.56. The molecule has 0 saturated carbocycles. The lowest BCUT2D eigenvalue weighted by Gasteiger charge is -2.35. The van der Waals surface area contributed by atoms with E-state index in [1.165, 1.54) is 0 Å². The predicted octanol–water partition coefficient (Wildman–Crippen LogP) is 4.46. The number of aryl methyl sites for hydroxylation is 1. The zero-order valence-corrected chi connectivity index (χ0v) is 16.9. The Bertz CT molecular complexity index is 983. The first-order chi connectivity index (χ1) is 14.1. The lowest BCUT2D eigenvalue weighted by Crippen LogP contribution is -2.50. The standard InChI is InChI=1S/C22H22ClN5O/c1-16-4-2-3-5-19(16)24-22(29)28-14-12-27(13-15-28)21-11-10-20(25-26-21)17-6-8-18(23)9-7-17/h2-11H,12-15H2,1H3,(H,24,29). The summed E-state index contributed by atoms with van der Waals surface area (Å²) < 4.78 is 0. The Morgan fingerprint density at radius 1 is 0.931 bits per heavy atom. The molecule has 2 aromatic carbocycles. The van der Waals surface area contributed by atoms with Gasteiger partial charge in [-0.3, -0.25) is 0 Å². The predicted molar refractivity (Wildman–Crippen MR) is 116 cm³/mol. The number of hydrogen-bond acceptors (Lipinski definition) is 4. The second-order valence-electron chi connectivity index (χ2n) is 7.00. The molecule has 1 aliphatic heterocycles. The molecule has 0 bridgehead atoms. The zero-order chi connectivity index (χ0) is 20.2. The summed E-state index contributed by atoms with van der Waals surface area (Å²) in [4.78, 5) is 16.5.